The molecule has 1 nitrogen and oxygen atoms in total. The van der Waals surface area contributed by atoms with E-state index in [4.69, 9.17) is 0 Å². The number of fused-ring (bicyclic) bond motifs is 1. The van der Waals surface area contributed by atoms with Crippen molar-refractivity contribution in [3.63, 3.8) is 0 Å². The molecule has 1 aliphatic heterocycles. The van der Waals surface area contributed by atoms with Crippen molar-refractivity contribution in [2.24, 2.45) is 0 Å². The minimum atomic E-state index is -0.155. The SMILES string of the molecule is Fc1ccc(C[NH+]2CCc3ccccc3C2)cc1. The first-order valence-corrected chi connectivity index (χ1v) is 6.46. The van der Waals surface area contributed by atoms with Gasteiger partial charge in [0.15, 0.2) is 0 Å². The van der Waals surface area contributed by atoms with Gasteiger partial charge in [0, 0.05) is 17.5 Å². The first-order chi connectivity index (χ1) is 8.81. The molecule has 0 saturated heterocycles. The molecule has 1 heterocycles. The van der Waals surface area contributed by atoms with Gasteiger partial charge in [-0.05, 0) is 17.7 Å². The summed E-state index contributed by atoms with van der Waals surface area (Å²) in [4.78, 5) is 1.56. The summed E-state index contributed by atoms with van der Waals surface area (Å²) in [7, 11) is 0. The Morgan fingerprint density at radius 1 is 0.944 bits per heavy atom. The molecule has 2 heteroatoms. The molecule has 0 radical (unpaired) electrons. The van der Waals surface area contributed by atoms with Crippen molar-refractivity contribution < 1.29 is 9.29 Å². The lowest BCUT2D eigenvalue weighted by atomic mass is 9.99. The number of benzene rings is 2. The van der Waals surface area contributed by atoms with Gasteiger partial charge in [-0.15, -0.1) is 0 Å². The number of halogens is 1. The summed E-state index contributed by atoms with van der Waals surface area (Å²) < 4.78 is 12.9. The molecule has 0 aromatic heterocycles. The lowest BCUT2D eigenvalue weighted by molar-refractivity contribution is -0.929. The highest BCUT2D eigenvalue weighted by atomic mass is 19.1. The molecule has 2 aromatic carbocycles. The van der Waals surface area contributed by atoms with Crippen LogP contribution in [0.5, 0.6) is 0 Å². The minimum Gasteiger partial charge on any atom is -0.327 e. The van der Waals surface area contributed by atoms with Crippen LogP contribution in [0, 0.1) is 5.82 Å². The van der Waals surface area contributed by atoms with Crippen LogP contribution in [-0.2, 0) is 19.5 Å². The summed E-state index contributed by atoms with van der Waals surface area (Å²) in [5.74, 6) is -0.155. The Kier molecular flexibility index (Phi) is 3.11. The topological polar surface area (TPSA) is 4.44 Å². The molecule has 0 amide bonds. The molecular weight excluding hydrogens is 225 g/mol. The Morgan fingerprint density at radius 3 is 2.44 bits per heavy atom. The fourth-order valence-electron chi connectivity index (χ4n) is 2.68. The van der Waals surface area contributed by atoms with Crippen LogP contribution >= 0.6 is 0 Å². The maximum atomic E-state index is 12.9. The minimum absolute atomic E-state index is 0.155. The van der Waals surface area contributed by atoms with Crippen LogP contribution in [0.25, 0.3) is 0 Å². The van der Waals surface area contributed by atoms with Crippen LogP contribution in [0.15, 0.2) is 48.5 Å². The maximum absolute atomic E-state index is 12.9. The molecule has 1 N–H and O–H groups in total. The molecule has 1 atom stereocenters. The van der Waals surface area contributed by atoms with E-state index < -0.39 is 0 Å². The number of hydrogen-bond donors (Lipinski definition) is 1. The Morgan fingerprint density at radius 2 is 1.67 bits per heavy atom. The predicted molar refractivity (Wildman–Crippen MR) is 69.8 cm³/mol. The van der Waals surface area contributed by atoms with Gasteiger partial charge in [-0.1, -0.05) is 36.4 Å². The van der Waals surface area contributed by atoms with E-state index in [1.807, 2.05) is 12.1 Å². The highest BCUT2D eigenvalue weighted by molar-refractivity contribution is 5.27. The van der Waals surface area contributed by atoms with Crippen LogP contribution in [0.2, 0.25) is 0 Å². The highest BCUT2D eigenvalue weighted by Gasteiger charge is 2.18. The summed E-state index contributed by atoms with van der Waals surface area (Å²) in [5, 5.41) is 0. The molecule has 0 spiro atoms. The number of hydrogen-bond acceptors (Lipinski definition) is 0. The van der Waals surface area contributed by atoms with Gasteiger partial charge in [0.05, 0.1) is 6.54 Å². The van der Waals surface area contributed by atoms with Crippen molar-refractivity contribution in [1.82, 2.24) is 0 Å². The second kappa shape index (κ2) is 4.91. The molecule has 2 aromatic rings. The third-order valence-corrected chi connectivity index (χ3v) is 3.67. The Balaban J connectivity index is 1.71. The summed E-state index contributed by atoms with van der Waals surface area (Å²) in [5.41, 5.74) is 4.16. The first-order valence-electron chi connectivity index (χ1n) is 6.46. The lowest BCUT2D eigenvalue weighted by Crippen LogP contribution is -3.10. The van der Waals surface area contributed by atoms with Crippen LogP contribution in [0.3, 0.4) is 0 Å². The molecule has 0 saturated carbocycles. The molecule has 92 valence electrons. The van der Waals surface area contributed by atoms with Crippen molar-refractivity contribution in [3.05, 3.63) is 71.0 Å². The molecule has 1 aliphatic rings. The van der Waals surface area contributed by atoms with Gasteiger partial charge in [-0.25, -0.2) is 4.39 Å². The number of quaternary nitrogens is 1. The van der Waals surface area contributed by atoms with E-state index in [0.717, 1.165) is 26.1 Å². The van der Waals surface area contributed by atoms with Gasteiger partial charge in [-0.3, -0.25) is 0 Å². The summed E-state index contributed by atoms with van der Waals surface area (Å²) in [6.45, 7) is 3.22. The zero-order chi connectivity index (χ0) is 12.4. The Bertz CT molecular complexity index is 533. The van der Waals surface area contributed by atoms with Crippen LogP contribution in [0.1, 0.15) is 16.7 Å². The van der Waals surface area contributed by atoms with Crippen molar-refractivity contribution in [1.29, 1.82) is 0 Å². The van der Waals surface area contributed by atoms with Crippen molar-refractivity contribution in [3.8, 4) is 0 Å². The zero-order valence-electron chi connectivity index (χ0n) is 10.3. The van der Waals surface area contributed by atoms with Crippen LogP contribution in [-0.4, -0.2) is 6.54 Å². The van der Waals surface area contributed by atoms with Gasteiger partial charge < -0.3 is 4.90 Å². The number of rotatable bonds is 2. The van der Waals surface area contributed by atoms with E-state index in [9.17, 15) is 4.39 Å². The maximum Gasteiger partial charge on any atom is 0.123 e. The van der Waals surface area contributed by atoms with Gasteiger partial charge in [0.25, 0.3) is 0 Å². The normalized spacial score (nSPS) is 18.4. The van der Waals surface area contributed by atoms with Crippen molar-refractivity contribution >= 4 is 0 Å². The predicted octanol–water partition coefficient (Wildman–Crippen LogP) is 1.97. The van der Waals surface area contributed by atoms with E-state index in [1.165, 1.54) is 16.7 Å². The summed E-state index contributed by atoms with van der Waals surface area (Å²) in [6.07, 6.45) is 1.15. The molecule has 0 aliphatic carbocycles. The summed E-state index contributed by atoms with van der Waals surface area (Å²) >= 11 is 0. The summed E-state index contributed by atoms with van der Waals surface area (Å²) in [6, 6.07) is 15.6. The van der Waals surface area contributed by atoms with Crippen LogP contribution < -0.4 is 4.90 Å². The molecule has 1 unspecified atom stereocenters. The zero-order valence-corrected chi connectivity index (χ0v) is 10.3. The van der Waals surface area contributed by atoms with E-state index in [1.54, 1.807) is 17.0 Å². The second-order valence-electron chi connectivity index (χ2n) is 5.00. The molecule has 0 bridgehead atoms. The van der Waals surface area contributed by atoms with Crippen LogP contribution in [0.4, 0.5) is 4.39 Å². The fourth-order valence-corrected chi connectivity index (χ4v) is 2.68. The molecule has 3 rings (SSSR count). The van der Waals surface area contributed by atoms with E-state index in [2.05, 4.69) is 24.3 Å². The fraction of sp³-hybridized carbons (Fsp3) is 0.250. The van der Waals surface area contributed by atoms with Crippen molar-refractivity contribution in [2.45, 2.75) is 19.5 Å². The van der Waals surface area contributed by atoms with Gasteiger partial charge >= 0.3 is 0 Å². The van der Waals surface area contributed by atoms with E-state index in [-0.39, 0.29) is 5.82 Å². The molecular formula is C16H17FN+. The quantitative estimate of drug-likeness (QED) is 0.821. The standard InChI is InChI=1S/C16H16FN/c17-16-7-5-13(6-8-16)11-18-10-9-14-3-1-2-4-15(14)12-18/h1-8H,9-12H2/p+1. The first kappa shape index (κ1) is 11.4. The third-order valence-electron chi connectivity index (χ3n) is 3.67. The molecule has 0 fully saturated rings. The number of nitrogens with one attached hydrogen (secondary N) is 1. The van der Waals surface area contributed by atoms with Gasteiger partial charge in [0.1, 0.15) is 18.9 Å². The van der Waals surface area contributed by atoms with Gasteiger partial charge in [-0.2, -0.15) is 0 Å². The smallest absolute Gasteiger partial charge is 0.123 e. The average Bonchev–Trinajstić information content (AvgIpc) is 2.41. The monoisotopic (exact) mass is 242 g/mol. The highest BCUT2D eigenvalue weighted by Crippen LogP contribution is 2.11. The second-order valence-corrected chi connectivity index (χ2v) is 5.00. The van der Waals surface area contributed by atoms with Gasteiger partial charge in [0.2, 0.25) is 0 Å². The third kappa shape index (κ3) is 2.44. The molecule has 18 heavy (non-hydrogen) atoms. The largest absolute Gasteiger partial charge is 0.327 e. The Hall–Kier alpha value is -1.67. The lowest BCUT2D eigenvalue weighted by Gasteiger charge is -2.25. The van der Waals surface area contributed by atoms with E-state index >= 15 is 0 Å². The van der Waals surface area contributed by atoms with Crippen molar-refractivity contribution in [2.75, 3.05) is 6.54 Å². The average molecular weight is 242 g/mol. The van der Waals surface area contributed by atoms with E-state index in [0.29, 0.717) is 0 Å². The Labute approximate surface area is 107 Å².